The lowest BCUT2D eigenvalue weighted by atomic mass is 10.0. The van der Waals surface area contributed by atoms with E-state index in [4.69, 9.17) is 0 Å². The number of rotatable bonds is 4. The Balaban J connectivity index is 1.55. The number of aryl methyl sites for hydroxylation is 2. The number of nitrogens with one attached hydrogen (secondary N) is 1. The zero-order valence-electron chi connectivity index (χ0n) is 14.9. The van der Waals surface area contributed by atoms with E-state index in [9.17, 15) is 4.39 Å². The Morgan fingerprint density at radius 3 is 2.37 bits per heavy atom. The molecule has 1 N–H and O–H groups in total. The van der Waals surface area contributed by atoms with Gasteiger partial charge in [-0.15, -0.1) is 11.3 Å². The van der Waals surface area contributed by atoms with E-state index in [1.165, 1.54) is 17.4 Å². The highest BCUT2D eigenvalue weighted by Gasteiger charge is 2.08. The van der Waals surface area contributed by atoms with Gasteiger partial charge in [0, 0.05) is 27.9 Å². The van der Waals surface area contributed by atoms with Crippen molar-refractivity contribution < 1.29 is 4.39 Å². The van der Waals surface area contributed by atoms with Crippen LogP contribution in [0.4, 0.5) is 15.3 Å². The molecule has 0 saturated carbocycles. The Morgan fingerprint density at radius 1 is 0.852 bits per heavy atom. The smallest absolute Gasteiger partial charge is 0.213 e. The molecule has 4 rings (SSSR count). The van der Waals surface area contributed by atoms with E-state index >= 15 is 0 Å². The average molecular weight is 376 g/mol. The van der Waals surface area contributed by atoms with Crippen LogP contribution in [0, 0.1) is 19.8 Å². The first-order valence-electron chi connectivity index (χ1n) is 8.49. The second-order valence-corrected chi connectivity index (χ2v) is 7.03. The van der Waals surface area contributed by atoms with Gasteiger partial charge in [-0.25, -0.2) is 15.0 Å². The normalized spacial score (nSPS) is 10.8. The van der Waals surface area contributed by atoms with E-state index in [0.717, 1.165) is 39.0 Å². The van der Waals surface area contributed by atoms with Crippen molar-refractivity contribution in [2.24, 2.45) is 0 Å². The van der Waals surface area contributed by atoms with Crippen LogP contribution in [-0.2, 0) is 0 Å². The monoisotopic (exact) mass is 376 g/mol. The number of halogens is 1. The predicted molar refractivity (Wildman–Crippen MR) is 108 cm³/mol. The number of thiazole rings is 1. The van der Waals surface area contributed by atoms with Gasteiger partial charge in [0.15, 0.2) is 5.13 Å². The first-order chi connectivity index (χ1) is 13.1. The fourth-order valence-electron chi connectivity index (χ4n) is 2.84. The summed E-state index contributed by atoms with van der Waals surface area (Å²) in [4.78, 5) is 13.0. The number of benzene rings is 1. The van der Waals surface area contributed by atoms with Crippen molar-refractivity contribution in [2.75, 3.05) is 5.32 Å². The molecule has 0 fully saturated rings. The molecule has 1 aromatic carbocycles. The van der Waals surface area contributed by atoms with Crippen molar-refractivity contribution >= 4 is 22.3 Å². The highest BCUT2D eigenvalue weighted by molar-refractivity contribution is 7.14. The molecule has 4 nitrogen and oxygen atoms in total. The first-order valence-corrected chi connectivity index (χ1v) is 9.36. The zero-order chi connectivity index (χ0) is 18.8. The summed E-state index contributed by atoms with van der Waals surface area (Å²) < 4.78 is 13.2. The molecule has 134 valence electrons. The van der Waals surface area contributed by atoms with Gasteiger partial charge >= 0.3 is 0 Å². The summed E-state index contributed by atoms with van der Waals surface area (Å²) in [5, 5.41) is 6.05. The molecule has 0 bridgehead atoms. The third kappa shape index (κ3) is 3.85. The van der Waals surface area contributed by atoms with Crippen molar-refractivity contribution in [2.45, 2.75) is 13.8 Å². The van der Waals surface area contributed by atoms with Crippen molar-refractivity contribution in [3.05, 3.63) is 77.3 Å². The summed E-state index contributed by atoms with van der Waals surface area (Å²) in [7, 11) is 0. The third-order valence-electron chi connectivity index (χ3n) is 4.17. The van der Waals surface area contributed by atoms with E-state index < -0.39 is 5.95 Å². The van der Waals surface area contributed by atoms with E-state index in [1.807, 2.05) is 61.7 Å². The van der Waals surface area contributed by atoms with Crippen LogP contribution in [0.2, 0.25) is 0 Å². The standard InChI is InChI=1S/C21H17FN4S/c1-13-4-3-5-20(23-13)26-21-25-18(12-27-21)16-8-6-15(7-9-16)17-10-11-19(22)24-14(17)2/h3-12H,1-2H3,(H,23,25,26). The van der Waals surface area contributed by atoms with Crippen molar-refractivity contribution in [1.82, 2.24) is 15.0 Å². The number of nitrogens with zero attached hydrogens (tertiary/aromatic N) is 3. The minimum atomic E-state index is -0.460. The maximum atomic E-state index is 13.2. The Labute approximate surface area is 160 Å². The first kappa shape index (κ1) is 17.3. The lowest BCUT2D eigenvalue weighted by Gasteiger charge is -2.06. The molecule has 3 aromatic heterocycles. The quantitative estimate of drug-likeness (QED) is 0.460. The molecular formula is C21H17FN4S. The van der Waals surface area contributed by atoms with Gasteiger partial charge in [-0.2, -0.15) is 4.39 Å². The van der Waals surface area contributed by atoms with E-state index in [-0.39, 0.29) is 0 Å². The molecule has 0 unspecified atom stereocenters. The summed E-state index contributed by atoms with van der Waals surface area (Å²) in [6.07, 6.45) is 0. The number of hydrogen-bond donors (Lipinski definition) is 1. The molecule has 0 aliphatic rings. The SMILES string of the molecule is Cc1cccc(Nc2nc(-c3ccc(-c4ccc(F)nc4C)cc3)cs2)n1. The molecule has 6 heteroatoms. The number of anilines is 2. The average Bonchev–Trinajstić information content (AvgIpc) is 3.10. The molecule has 0 aliphatic carbocycles. The Hall–Kier alpha value is -3.12. The van der Waals surface area contributed by atoms with Gasteiger partial charge in [-0.05, 0) is 43.7 Å². The molecule has 3 heterocycles. The number of hydrogen-bond acceptors (Lipinski definition) is 5. The van der Waals surface area contributed by atoms with E-state index in [1.54, 1.807) is 6.07 Å². The highest BCUT2D eigenvalue weighted by atomic mass is 32.1. The largest absolute Gasteiger partial charge is 0.316 e. The van der Waals surface area contributed by atoms with Crippen LogP contribution in [-0.4, -0.2) is 15.0 Å². The molecule has 0 aliphatic heterocycles. The lowest BCUT2D eigenvalue weighted by Crippen LogP contribution is -1.94. The van der Waals surface area contributed by atoms with Gasteiger partial charge in [-0.1, -0.05) is 30.3 Å². The predicted octanol–water partition coefficient (Wildman–Crippen LogP) is 5.77. The van der Waals surface area contributed by atoms with Crippen LogP contribution >= 0.6 is 11.3 Å². The minimum Gasteiger partial charge on any atom is -0.316 e. The fraction of sp³-hybridized carbons (Fsp3) is 0.0952. The molecule has 0 amide bonds. The van der Waals surface area contributed by atoms with Gasteiger partial charge in [0.2, 0.25) is 5.95 Å². The maximum Gasteiger partial charge on any atom is 0.213 e. The van der Waals surface area contributed by atoms with Crippen molar-refractivity contribution in [3.8, 4) is 22.4 Å². The Kier molecular flexibility index (Phi) is 4.64. The fourth-order valence-corrected chi connectivity index (χ4v) is 3.57. The van der Waals surface area contributed by atoms with E-state index in [2.05, 4.69) is 20.3 Å². The topological polar surface area (TPSA) is 50.7 Å². The summed E-state index contributed by atoms with van der Waals surface area (Å²) in [6.45, 7) is 3.77. The number of aromatic nitrogens is 3. The molecule has 0 radical (unpaired) electrons. The zero-order valence-corrected chi connectivity index (χ0v) is 15.7. The van der Waals surface area contributed by atoms with Crippen LogP contribution in [0.5, 0.6) is 0 Å². The second-order valence-electron chi connectivity index (χ2n) is 6.17. The van der Waals surface area contributed by atoms with E-state index in [0.29, 0.717) is 5.69 Å². The van der Waals surface area contributed by atoms with Gasteiger partial charge < -0.3 is 5.32 Å². The van der Waals surface area contributed by atoms with Crippen LogP contribution < -0.4 is 5.32 Å². The van der Waals surface area contributed by atoms with Gasteiger partial charge in [0.25, 0.3) is 0 Å². The molecule has 27 heavy (non-hydrogen) atoms. The summed E-state index contributed by atoms with van der Waals surface area (Å²) in [6, 6.07) is 17.0. The molecule has 4 aromatic rings. The third-order valence-corrected chi connectivity index (χ3v) is 4.93. The van der Waals surface area contributed by atoms with Crippen LogP contribution in [0.3, 0.4) is 0 Å². The molecule has 0 spiro atoms. The van der Waals surface area contributed by atoms with Gasteiger partial charge in [-0.3, -0.25) is 0 Å². The van der Waals surface area contributed by atoms with Gasteiger partial charge in [0.05, 0.1) is 5.69 Å². The number of pyridine rings is 2. The summed E-state index contributed by atoms with van der Waals surface area (Å²) >= 11 is 1.54. The summed E-state index contributed by atoms with van der Waals surface area (Å²) in [5.41, 5.74) is 5.48. The second kappa shape index (κ2) is 7.25. The molecule has 0 saturated heterocycles. The molecular weight excluding hydrogens is 359 g/mol. The summed E-state index contributed by atoms with van der Waals surface area (Å²) in [5.74, 6) is 0.323. The van der Waals surface area contributed by atoms with Crippen molar-refractivity contribution in [1.29, 1.82) is 0 Å². The highest BCUT2D eigenvalue weighted by Crippen LogP contribution is 2.29. The minimum absolute atomic E-state index is 0.460. The maximum absolute atomic E-state index is 13.2. The van der Waals surface area contributed by atoms with Gasteiger partial charge in [0.1, 0.15) is 5.82 Å². The van der Waals surface area contributed by atoms with Crippen LogP contribution in [0.1, 0.15) is 11.4 Å². The lowest BCUT2D eigenvalue weighted by molar-refractivity contribution is 0.580. The van der Waals surface area contributed by atoms with Crippen molar-refractivity contribution in [3.63, 3.8) is 0 Å². The Bertz CT molecular complexity index is 1090. The van der Waals surface area contributed by atoms with Crippen LogP contribution in [0.25, 0.3) is 22.4 Å². The molecule has 0 atom stereocenters. The van der Waals surface area contributed by atoms with Crippen LogP contribution in [0.15, 0.2) is 60.0 Å². The Morgan fingerprint density at radius 2 is 1.63 bits per heavy atom.